The maximum Gasteiger partial charge on any atom is 0.348 e. The lowest BCUT2D eigenvalue weighted by Gasteiger charge is -2.26. The van der Waals surface area contributed by atoms with E-state index in [4.69, 9.17) is 9.47 Å². The van der Waals surface area contributed by atoms with Crippen LogP contribution in [0, 0.1) is 11.3 Å². The third-order valence-corrected chi connectivity index (χ3v) is 5.93. The molecule has 3 rings (SSSR count). The summed E-state index contributed by atoms with van der Waals surface area (Å²) in [6, 6.07) is 21.0. The van der Waals surface area contributed by atoms with Crippen molar-refractivity contribution in [1.29, 1.82) is 5.26 Å². The molecule has 2 aromatic carbocycles. The number of rotatable bonds is 9. The number of nitrogens with one attached hydrogen (secondary N) is 1. The van der Waals surface area contributed by atoms with Crippen LogP contribution >= 0.6 is 0 Å². The molecular weight excluding hydrogens is 452 g/mol. The first-order chi connectivity index (χ1) is 17.2. The number of nitrogens with zero attached hydrogens (tertiary/aromatic N) is 1. The predicted molar refractivity (Wildman–Crippen MR) is 139 cm³/mol. The molecule has 1 aliphatic carbocycles. The maximum absolute atomic E-state index is 13.2. The van der Waals surface area contributed by atoms with Crippen LogP contribution in [0.15, 0.2) is 83.1 Å². The van der Waals surface area contributed by atoms with Gasteiger partial charge < -0.3 is 14.8 Å². The lowest BCUT2D eigenvalue weighted by Crippen LogP contribution is -2.42. The van der Waals surface area contributed by atoms with Gasteiger partial charge in [0.1, 0.15) is 23.3 Å². The summed E-state index contributed by atoms with van der Waals surface area (Å²) in [5, 5.41) is 13.3. The van der Waals surface area contributed by atoms with Crippen molar-refractivity contribution < 1.29 is 19.1 Å². The largest absolute Gasteiger partial charge is 0.465 e. The summed E-state index contributed by atoms with van der Waals surface area (Å²) >= 11 is 0. The lowest BCUT2D eigenvalue weighted by molar-refractivity contribution is -0.157. The second-order valence-electron chi connectivity index (χ2n) is 9.85. The minimum absolute atomic E-state index is 0.00516. The van der Waals surface area contributed by atoms with Crippen molar-refractivity contribution in [2.24, 2.45) is 0 Å². The molecule has 1 N–H and O–H groups in total. The molecule has 0 saturated carbocycles. The lowest BCUT2D eigenvalue weighted by atomic mass is 9.92. The Bertz CT molecular complexity index is 1170. The topological polar surface area (TPSA) is 88.4 Å². The van der Waals surface area contributed by atoms with Crippen molar-refractivity contribution in [3.8, 4) is 6.07 Å². The molecule has 188 valence electrons. The van der Waals surface area contributed by atoms with E-state index in [9.17, 15) is 14.9 Å². The van der Waals surface area contributed by atoms with Crippen LogP contribution < -0.4 is 5.32 Å². The number of nitriles is 1. The van der Waals surface area contributed by atoms with E-state index in [0.717, 1.165) is 28.8 Å². The molecular formula is C30H34N2O4. The number of carbonyl (C=O) groups excluding carboxylic acids is 2. The Balaban J connectivity index is 2.03. The number of methoxy groups -OCH3 is 1. The molecule has 1 atom stereocenters. The van der Waals surface area contributed by atoms with Gasteiger partial charge in [-0.2, -0.15) is 5.26 Å². The SMILES string of the molecule is COC(=O)/C(C#N)=C(/Cc1ccccc1)C1=C(N[C@H](Cc2ccccc2)C(=O)OC(C)(C)C)CCC1. The molecule has 0 amide bonds. The van der Waals surface area contributed by atoms with Gasteiger partial charge in [0.15, 0.2) is 0 Å². The third kappa shape index (κ3) is 7.32. The maximum atomic E-state index is 13.2. The van der Waals surface area contributed by atoms with Gasteiger partial charge in [0.25, 0.3) is 0 Å². The van der Waals surface area contributed by atoms with E-state index in [2.05, 4.69) is 11.4 Å². The van der Waals surface area contributed by atoms with Gasteiger partial charge in [-0.3, -0.25) is 0 Å². The molecule has 0 radical (unpaired) electrons. The highest BCUT2D eigenvalue weighted by Gasteiger charge is 2.30. The molecule has 0 spiro atoms. The molecule has 0 unspecified atom stereocenters. The number of allylic oxidation sites excluding steroid dienone is 3. The number of ether oxygens (including phenoxy) is 2. The van der Waals surface area contributed by atoms with Gasteiger partial charge in [0.05, 0.1) is 7.11 Å². The number of hydrogen-bond donors (Lipinski definition) is 1. The van der Waals surface area contributed by atoms with E-state index in [0.29, 0.717) is 31.3 Å². The molecule has 0 aromatic heterocycles. The summed E-state index contributed by atoms with van der Waals surface area (Å²) in [4.78, 5) is 25.8. The standard InChI is InChI=1S/C30H34N2O4/c1-30(2,3)36-29(34)27(19-22-14-9-6-10-15-22)32-26-17-11-16-23(26)24(25(20-31)28(33)35-4)18-21-12-7-5-8-13-21/h5-10,12-15,27,32H,11,16-19H2,1-4H3/b25-24-/t27-/m1/s1. The van der Waals surface area contributed by atoms with Crippen LogP contribution in [0.4, 0.5) is 0 Å². The average Bonchev–Trinajstić information content (AvgIpc) is 3.31. The fourth-order valence-electron chi connectivity index (χ4n) is 4.35. The molecule has 6 nitrogen and oxygen atoms in total. The van der Waals surface area contributed by atoms with Gasteiger partial charge in [-0.05, 0) is 68.7 Å². The zero-order valence-electron chi connectivity index (χ0n) is 21.5. The molecule has 2 aromatic rings. The molecule has 36 heavy (non-hydrogen) atoms. The molecule has 1 aliphatic rings. The van der Waals surface area contributed by atoms with Crippen LogP contribution in [0.5, 0.6) is 0 Å². The van der Waals surface area contributed by atoms with E-state index < -0.39 is 17.6 Å². The van der Waals surface area contributed by atoms with Crippen LogP contribution in [0.2, 0.25) is 0 Å². The quantitative estimate of drug-likeness (QED) is 0.298. The van der Waals surface area contributed by atoms with E-state index in [1.54, 1.807) is 0 Å². The first-order valence-electron chi connectivity index (χ1n) is 12.2. The van der Waals surface area contributed by atoms with E-state index in [1.807, 2.05) is 81.4 Å². The van der Waals surface area contributed by atoms with Crippen molar-refractivity contribution in [2.75, 3.05) is 7.11 Å². The summed E-state index contributed by atoms with van der Waals surface area (Å²) < 4.78 is 10.7. The minimum atomic E-state index is -0.657. The Morgan fingerprint density at radius 3 is 2.17 bits per heavy atom. The van der Waals surface area contributed by atoms with Crippen LogP contribution in [-0.4, -0.2) is 30.7 Å². The molecule has 6 heteroatoms. The second kappa shape index (κ2) is 12.2. The fourth-order valence-corrected chi connectivity index (χ4v) is 4.35. The summed E-state index contributed by atoms with van der Waals surface area (Å²) in [5.74, 6) is -0.998. The van der Waals surface area contributed by atoms with Crippen LogP contribution in [0.3, 0.4) is 0 Å². The first-order valence-corrected chi connectivity index (χ1v) is 12.2. The minimum Gasteiger partial charge on any atom is -0.465 e. The monoisotopic (exact) mass is 486 g/mol. The summed E-state index contributed by atoms with van der Waals surface area (Å²) in [5.41, 5.74) is 3.75. The smallest absolute Gasteiger partial charge is 0.348 e. The zero-order chi connectivity index (χ0) is 26.1. The Hall–Kier alpha value is -3.85. The number of esters is 2. The van der Waals surface area contributed by atoms with Crippen molar-refractivity contribution in [2.45, 2.75) is 64.5 Å². The van der Waals surface area contributed by atoms with Gasteiger partial charge >= 0.3 is 11.9 Å². The number of carbonyl (C=O) groups is 2. The normalized spacial score (nSPS) is 15.0. The predicted octanol–water partition coefficient (Wildman–Crippen LogP) is 5.20. The molecule has 0 heterocycles. The Morgan fingerprint density at radius 2 is 1.61 bits per heavy atom. The van der Waals surface area contributed by atoms with Crippen LogP contribution in [-0.2, 0) is 31.9 Å². The van der Waals surface area contributed by atoms with Crippen LogP contribution in [0.25, 0.3) is 0 Å². The zero-order valence-corrected chi connectivity index (χ0v) is 21.5. The van der Waals surface area contributed by atoms with E-state index in [-0.39, 0.29) is 11.5 Å². The summed E-state index contributed by atoms with van der Waals surface area (Å²) in [6.45, 7) is 5.54. The van der Waals surface area contributed by atoms with Crippen LogP contribution in [0.1, 0.15) is 51.2 Å². The Morgan fingerprint density at radius 1 is 1.00 bits per heavy atom. The Labute approximate surface area is 213 Å². The van der Waals surface area contributed by atoms with Gasteiger partial charge in [0.2, 0.25) is 0 Å². The van der Waals surface area contributed by atoms with Gasteiger partial charge in [-0.15, -0.1) is 0 Å². The highest BCUT2D eigenvalue weighted by molar-refractivity contribution is 5.94. The van der Waals surface area contributed by atoms with Gasteiger partial charge in [-0.1, -0.05) is 60.7 Å². The van der Waals surface area contributed by atoms with Gasteiger partial charge in [0, 0.05) is 12.1 Å². The third-order valence-electron chi connectivity index (χ3n) is 5.93. The highest BCUT2D eigenvalue weighted by Crippen LogP contribution is 2.34. The molecule has 0 saturated heterocycles. The number of hydrogen-bond acceptors (Lipinski definition) is 6. The molecule has 0 bridgehead atoms. The Kier molecular flexibility index (Phi) is 9.08. The second-order valence-corrected chi connectivity index (χ2v) is 9.85. The van der Waals surface area contributed by atoms with Crippen molar-refractivity contribution >= 4 is 11.9 Å². The molecule has 0 aliphatic heterocycles. The van der Waals surface area contributed by atoms with E-state index >= 15 is 0 Å². The van der Waals surface area contributed by atoms with Crippen molar-refractivity contribution in [3.05, 3.63) is 94.2 Å². The number of benzene rings is 2. The van der Waals surface area contributed by atoms with Gasteiger partial charge in [-0.25, -0.2) is 9.59 Å². The molecule has 0 fully saturated rings. The average molecular weight is 487 g/mol. The summed E-state index contributed by atoms with van der Waals surface area (Å²) in [7, 11) is 1.28. The summed E-state index contributed by atoms with van der Waals surface area (Å²) in [6.07, 6.45) is 3.12. The fraction of sp³-hybridized carbons (Fsp3) is 0.367. The van der Waals surface area contributed by atoms with Crippen molar-refractivity contribution in [3.63, 3.8) is 0 Å². The first kappa shape index (κ1) is 26.7. The van der Waals surface area contributed by atoms with E-state index in [1.165, 1.54) is 7.11 Å². The highest BCUT2D eigenvalue weighted by atomic mass is 16.6. The van der Waals surface area contributed by atoms with Crippen molar-refractivity contribution in [1.82, 2.24) is 5.32 Å².